The third kappa shape index (κ3) is 4.14. The molecule has 0 aliphatic rings. The molecule has 0 spiro atoms. The van der Waals surface area contributed by atoms with Crippen LogP contribution in [-0.2, 0) is 12.7 Å². The van der Waals surface area contributed by atoms with Gasteiger partial charge in [0.25, 0.3) is 5.91 Å². The predicted molar refractivity (Wildman–Crippen MR) is 97.5 cm³/mol. The van der Waals surface area contributed by atoms with Gasteiger partial charge in [-0.1, -0.05) is 29.8 Å². The molecule has 3 rings (SSSR count). The van der Waals surface area contributed by atoms with Gasteiger partial charge in [-0.25, -0.2) is 0 Å². The molecule has 2 nitrogen and oxygen atoms in total. The number of thiophene rings is 1. The number of benzene rings is 2. The molecular formula is C20H16F3NOS. The van der Waals surface area contributed by atoms with Gasteiger partial charge in [-0.05, 0) is 48.7 Å². The number of hydrogen-bond acceptors (Lipinski definition) is 2. The van der Waals surface area contributed by atoms with E-state index in [9.17, 15) is 18.0 Å². The lowest BCUT2D eigenvalue weighted by Crippen LogP contribution is -2.30. The minimum atomic E-state index is -4.46. The predicted octanol–water partition coefficient (Wildman–Crippen LogP) is 5.92. The largest absolute Gasteiger partial charge is 0.416 e. The summed E-state index contributed by atoms with van der Waals surface area (Å²) in [6.45, 7) is 2.08. The fraction of sp³-hybridized carbons (Fsp3) is 0.150. The number of halogens is 3. The highest BCUT2D eigenvalue weighted by Crippen LogP contribution is 2.32. The van der Waals surface area contributed by atoms with Crippen molar-refractivity contribution in [3.63, 3.8) is 0 Å². The summed E-state index contributed by atoms with van der Waals surface area (Å²) in [5.74, 6) is -0.332. The molecule has 3 aromatic rings. The van der Waals surface area contributed by atoms with Gasteiger partial charge >= 0.3 is 6.18 Å². The monoisotopic (exact) mass is 375 g/mol. The molecule has 0 bridgehead atoms. The molecule has 0 radical (unpaired) electrons. The van der Waals surface area contributed by atoms with E-state index >= 15 is 0 Å². The van der Waals surface area contributed by atoms with E-state index in [1.165, 1.54) is 28.4 Å². The number of rotatable bonds is 4. The molecule has 0 atom stereocenters. The number of nitrogens with zero attached hydrogens (tertiary/aromatic N) is 1. The van der Waals surface area contributed by atoms with Gasteiger partial charge in [-0.15, -0.1) is 11.3 Å². The molecule has 0 aliphatic carbocycles. The van der Waals surface area contributed by atoms with Crippen LogP contribution in [0.4, 0.5) is 18.9 Å². The second kappa shape index (κ2) is 7.33. The molecule has 1 amide bonds. The Kier molecular flexibility index (Phi) is 5.13. The van der Waals surface area contributed by atoms with Crippen molar-refractivity contribution in [2.24, 2.45) is 0 Å². The standard InChI is InChI=1S/C20H16F3NOS/c1-14-5-2-6-15(11-14)19(25)24(13-18-9-4-10-26-18)17-8-3-7-16(12-17)20(21,22)23/h2-12H,13H2,1H3. The summed E-state index contributed by atoms with van der Waals surface area (Å²) in [5.41, 5.74) is 0.804. The zero-order valence-corrected chi connectivity index (χ0v) is 14.8. The van der Waals surface area contributed by atoms with Gasteiger partial charge in [0.2, 0.25) is 0 Å². The Hall–Kier alpha value is -2.60. The van der Waals surface area contributed by atoms with E-state index in [0.717, 1.165) is 22.6 Å². The second-order valence-corrected chi connectivity index (χ2v) is 6.92. The minimum absolute atomic E-state index is 0.214. The Morgan fingerprint density at radius 3 is 2.46 bits per heavy atom. The maximum Gasteiger partial charge on any atom is 0.416 e. The molecule has 0 saturated carbocycles. The lowest BCUT2D eigenvalue weighted by molar-refractivity contribution is -0.137. The first-order valence-electron chi connectivity index (χ1n) is 7.93. The number of carbonyl (C=O) groups excluding carboxylic acids is 1. The maximum atomic E-state index is 13.1. The second-order valence-electron chi connectivity index (χ2n) is 5.89. The fourth-order valence-electron chi connectivity index (χ4n) is 2.62. The number of hydrogen-bond donors (Lipinski definition) is 0. The van der Waals surface area contributed by atoms with Crippen molar-refractivity contribution in [3.8, 4) is 0 Å². The number of anilines is 1. The summed E-state index contributed by atoms with van der Waals surface area (Å²) < 4.78 is 39.3. The number of alkyl halides is 3. The van der Waals surface area contributed by atoms with Crippen molar-refractivity contribution < 1.29 is 18.0 Å². The zero-order chi connectivity index (χ0) is 18.7. The summed E-state index contributed by atoms with van der Waals surface area (Å²) in [7, 11) is 0. The highest BCUT2D eigenvalue weighted by atomic mass is 32.1. The van der Waals surface area contributed by atoms with Crippen molar-refractivity contribution in [2.45, 2.75) is 19.6 Å². The maximum absolute atomic E-state index is 13.1. The zero-order valence-electron chi connectivity index (χ0n) is 14.0. The van der Waals surface area contributed by atoms with Gasteiger partial charge < -0.3 is 4.90 Å². The summed E-state index contributed by atoms with van der Waals surface area (Å²) in [5, 5.41) is 1.87. The molecule has 2 aromatic carbocycles. The summed E-state index contributed by atoms with van der Waals surface area (Å²) in [4.78, 5) is 15.3. The molecule has 1 aromatic heterocycles. The molecule has 0 N–H and O–H groups in total. The third-order valence-electron chi connectivity index (χ3n) is 3.89. The van der Waals surface area contributed by atoms with E-state index in [1.807, 2.05) is 30.5 Å². The summed E-state index contributed by atoms with van der Waals surface area (Å²) >= 11 is 1.46. The lowest BCUT2D eigenvalue weighted by atomic mass is 10.1. The van der Waals surface area contributed by atoms with Crippen LogP contribution in [0, 0.1) is 6.92 Å². The van der Waals surface area contributed by atoms with Crippen molar-refractivity contribution in [3.05, 3.63) is 87.6 Å². The van der Waals surface area contributed by atoms with E-state index in [2.05, 4.69) is 0 Å². The van der Waals surface area contributed by atoms with Gasteiger partial charge in [0.15, 0.2) is 0 Å². The summed E-state index contributed by atoms with van der Waals surface area (Å²) in [6, 6.07) is 15.6. The van der Waals surface area contributed by atoms with Crippen molar-refractivity contribution in [1.82, 2.24) is 0 Å². The van der Waals surface area contributed by atoms with Gasteiger partial charge in [0, 0.05) is 16.1 Å². The van der Waals surface area contributed by atoms with Gasteiger partial charge in [-0.3, -0.25) is 4.79 Å². The first kappa shape index (κ1) is 18.2. The van der Waals surface area contributed by atoms with Crippen LogP contribution in [0.25, 0.3) is 0 Å². The van der Waals surface area contributed by atoms with E-state index in [-0.39, 0.29) is 18.1 Å². The molecule has 6 heteroatoms. The SMILES string of the molecule is Cc1cccc(C(=O)N(Cc2cccs2)c2cccc(C(F)(F)F)c2)c1. The van der Waals surface area contributed by atoms with Crippen LogP contribution in [-0.4, -0.2) is 5.91 Å². The molecule has 0 aliphatic heterocycles. The van der Waals surface area contributed by atoms with Crippen molar-refractivity contribution >= 4 is 22.9 Å². The summed E-state index contributed by atoms with van der Waals surface area (Å²) in [6.07, 6.45) is -4.46. The Labute approximate surface area is 153 Å². The van der Waals surface area contributed by atoms with Crippen LogP contribution >= 0.6 is 11.3 Å². The van der Waals surface area contributed by atoms with E-state index in [0.29, 0.717) is 5.56 Å². The van der Waals surface area contributed by atoms with Gasteiger partial charge in [0.1, 0.15) is 0 Å². The average molecular weight is 375 g/mol. The third-order valence-corrected chi connectivity index (χ3v) is 4.75. The molecule has 0 saturated heterocycles. The topological polar surface area (TPSA) is 20.3 Å². The Morgan fingerprint density at radius 1 is 1.04 bits per heavy atom. The average Bonchev–Trinajstić information content (AvgIpc) is 3.12. The van der Waals surface area contributed by atoms with Gasteiger partial charge in [-0.2, -0.15) is 13.2 Å². The van der Waals surface area contributed by atoms with Crippen LogP contribution in [0.1, 0.15) is 26.4 Å². The molecule has 26 heavy (non-hydrogen) atoms. The Morgan fingerprint density at radius 2 is 1.81 bits per heavy atom. The molecule has 1 heterocycles. The number of aryl methyl sites for hydroxylation is 1. The smallest absolute Gasteiger partial charge is 0.303 e. The quantitative estimate of drug-likeness (QED) is 0.554. The lowest BCUT2D eigenvalue weighted by Gasteiger charge is -2.23. The molecule has 0 fully saturated rings. The van der Waals surface area contributed by atoms with Crippen LogP contribution in [0.3, 0.4) is 0 Å². The highest BCUT2D eigenvalue weighted by molar-refractivity contribution is 7.09. The Bertz CT molecular complexity index is 903. The molecular weight excluding hydrogens is 359 g/mol. The number of carbonyl (C=O) groups is 1. The van der Waals surface area contributed by atoms with Crippen molar-refractivity contribution in [2.75, 3.05) is 4.90 Å². The van der Waals surface area contributed by atoms with Crippen LogP contribution in [0.2, 0.25) is 0 Å². The highest BCUT2D eigenvalue weighted by Gasteiger charge is 2.31. The molecule has 0 unspecified atom stereocenters. The van der Waals surface area contributed by atoms with E-state index < -0.39 is 11.7 Å². The normalized spacial score (nSPS) is 11.4. The molecule has 134 valence electrons. The number of amides is 1. The van der Waals surface area contributed by atoms with Crippen LogP contribution in [0.15, 0.2) is 66.0 Å². The van der Waals surface area contributed by atoms with Crippen molar-refractivity contribution in [1.29, 1.82) is 0 Å². The minimum Gasteiger partial charge on any atom is -0.303 e. The van der Waals surface area contributed by atoms with Crippen LogP contribution in [0.5, 0.6) is 0 Å². The first-order chi connectivity index (χ1) is 12.3. The van der Waals surface area contributed by atoms with E-state index in [4.69, 9.17) is 0 Å². The first-order valence-corrected chi connectivity index (χ1v) is 8.81. The van der Waals surface area contributed by atoms with Crippen LogP contribution < -0.4 is 4.90 Å². The van der Waals surface area contributed by atoms with E-state index in [1.54, 1.807) is 18.2 Å². The fourth-order valence-corrected chi connectivity index (χ4v) is 3.32. The van der Waals surface area contributed by atoms with Gasteiger partial charge in [0.05, 0.1) is 12.1 Å². The Balaban J connectivity index is 2.02.